The Morgan fingerprint density at radius 2 is 1.31 bits per heavy atom. The second kappa shape index (κ2) is 14.3. The fourth-order valence-electron chi connectivity index (χ4n) is 0.224. The van der Waals surface area contributed by atoms with Gasteiger partial charge in [-0.1, -0.05) is 0 Å². The van der Waals surface area contributed by atoms with Gasteiger partial charge in [-0.3, -0.25) is 9.35 Å². The minimum absolute atomic E-state index is 0.195. The number of hydrogen-bond acceptors (Lipinski definition) is 5. The zero-order chi connectivity index (χ0) is 13.6. The summed E-state index contributed by atoms with van der Waals surface area (Å²) in [6.45, 7) is 2.84. The minimum atomic E-state index is -3.66. The Morgan fingerprint density at radius 1 is 1.12 bits per heavy atom. The van der Waals surface area contributed by atoms with Gasteiger partial charge in [0.25, 0.3) is 16.1 Å². The van der Waals surface area contributed by atoms with Gasteiger partial charge in [0.15, 0.2) is 0 Å². The Labute approximate surface area is 95.5 Å². The molecule has 0 unspecified atom stereocenters. The van der Waals surface area contributed by atoms with Gasteiger partial charge in [0.1, 0.15) is 0 Å². The van der Waals surface area contributed by atoms with Gasteiger partial charge in [-0.05, 0) is 19.8 Å². The Kier molecular flexibility index (Phi) is 18.5. The van der Waals surface area contributed by atoms with Crippen LogP contribution in [0.1, 0.15) is 26.7 Å². The molecule has 7 nitrogen and oxygen atoms in total. The summed E-state index contributed by atoms with van der Waals surface area (Å²) in [4.78, 5) is 9.00. The molecule has 0 spiro atoms. The molecule has 0 atom stereocenters. The molecule has 0 saturated heterocycles. The molecule has 0 aromatic carbocycles. The molecule has 0 amide bonds. The summed E-state index contributed by atoms with van der Waals surface area (Å²) in [6.07, 6.45) is 1.44. The summed E-state index contributed by atoms with van der Waals surface area (Å²) >= 11 is 0. The van der Waals surface area contributed by atoms with Crippen LogP contribution in [0.4, 0.5) is 0 Å². The fraction of sp³-hybridized carbons (Fsp3) is 0.875. The molecule has 0 fully saturated rings. The third-order valence-electron chi connectivity index (χ3n) is 0.931. The second-order valence-electron chi connectivity index (χ2n) is 2.54. The fourth-order valence-corrected chi connectivity index (χ4v) is 0.224. The lowest BCUT2D eigenvalue weighted by atomic mass is 10.3. The maximum Gasteiger partial charge on any atom is 0.300 e. The maximum absolute atomic E-state index is 9.56. The van der Waals surface area contributed by atoms with Crippen LogP contribution in [0.2, 0.25) is 0 Å². The Morgan fingerprint density at radius 3 is 1.38 bits per heavy atom. The van der Waals surface area contributed by atoms with Crippen molar-refractivity contribution < 1.29 is 33.1 Å². The van der Waals surface area contributed by atoms with Gasteiger partial charge in [0.05, 0.1) is 5.75 Å². The first kappa shape index (κ1) is 20.7. The van der Waals surface area contributed by atoms with E-state index in [0.29, 0.717) is 0 Å². The maximum atomic E-state index is 9.56. The van der Waals surface area contributed by atoms with Crippen LogP contribution in [0.5, 0.6) is 0 Å². The van der Waals surface area contributed by atoms with Crippen molar-refractivity contribution in [3.05, 3.63) is 0 Å². The van der Waals surface area contributed by atoms with Crippen molar-refractivity contribution in [1.82, 2.24) is 0 Å². The van der Waals surface area contributed by atoms with Crippen LogP contribution in [0.3, 0.4) is 0 Å². The lowest BCUT2D eigenvalue weighted by molar-refractivity contribution is -0.134. The van der Waals surface area contributed by atoms with E-state index in [1.165, 1.54) is 6.92 Å². The topological polar surface area (TPSA) is 132 Å². The third-order valence-corrected chi connectivity index (χ3v) is 1.66. The van der Waals surface area contributed by atoms with Crippen molar-refractivity contribution in [2.75, 3.05) is 19.0 Å². The van der Waals surface area contributed by atoms with E-state index < -0.39 is 16.1 Å². The molecular formula is C8H20O7S. The number of aliphatic hydroxyl groups excluding tert-OH is 2. The lowest BCUT2D eigenvalue weighted by Gasteiger charge is -1.85. The van der Waals surface area contributed by atoms with Crippen LogP contribution in [-0.4, -0.2) is 53.2 Å². The zero-order valence-corrected chi connectivity index (χ0v) is 10.3. The molecule has 0 rings (SSSR count). The van der Waals surface area contributed by atoms with Gasteiger partial charge in [0.2, 0.25) is 0 Å². The van der Waals surface area contributed by atoms with Crippen LogP contribution in [0, 0.1) is 0 Å². The van der Waals surface area contributed by atoms with Gasteiger partial charge in [-0.15, -0.1) is 0 Å². The Bertz CT molecular complexity index is 227. The second-order valence-corrected chi connectivity index (χ2v) is 4.29. The summed E-state index contributed by atoms with van der Waals surface area (Å²) < 4.78 is 26.9. The highest BCUT2D eigenvalue weighted by Gasteiger charge is 1.93. The SMILES string of the molecule is CC(=O)O.CCS(=O)(=O)O.OCCCCO. The molecule has 8 heteroatoms. The Balaban J connectivity index is -0.000000162. The van der Waals surface area contributed by atoms with Gasteiger partial charge in [-0.25, -0.2) is 0 Å². The third kappa shape index (κ3) is 71.6. The van der Waals surface area contributed by atoms with Crippen LogP contribution < -0.4 is 0 Å². The predicted octanol–water partition coefficient (Wildman–Crippen LogP) is -0.264. The summed E-state index contributed by atoms with van der Waals surface area (Å²) in [5, 5.41) is 23.6. The summed E-state index contributed by atoms with van der Waals surface area (Å²) in [5.41, 5.74) is 0. The van der Waals surface area contributed by atoms with E-state index in [1.54, 1.807) is 0 Å². The molecule has 0 aliphatic heterocycles. The quantitative estimate of drug-likeness (QED) is 0.404. The zero-order valence-electron chi connectivity index (χ0n) is 9.46. The number of aliphatic hydroxyl groups is 2. The molecule has 100 valence electrons. The molecule has 0 heterocycles. The van der Waals surface area contributed by atoms with Crippen molar-refractivity contribution in [2.45, 2.75) is 26.7 Å². The van der Waals surface area contributed by atoms with E-state index in [-0.39, 0.29) is 19.0 Å². The highest BCUT2D eigenvalue weighted by Crippen LogP contribution is 1.80. The van der Waals surface area contributed by atoms with Gasteiger partial charge in [0, 0.05) is 20.1 Å². The smallest absolute Gasteiger partial charge is 0.300 e. The van der Waals surface area contributed by atoms with Crippen LogP contribution in [0.25, 0.3) is 0 Å². The van der Waals surface area contributed by atoms with Crippen molar-refractivity contribution in [3.63, 3.8) is 0 Å². The number of carboxylic acids is 1. The van der Waals surface area contributed by atoms with E-state index >= 15 is 0 Å². The molecule has 0 saturated carbocycles. The number of carbonyl (C=O) groups is 1. The molecule has 0 radical (unpaired) electrons. The minimum Gasteiger partial charge on any atom is -0.481 e. The number of rotatable bonds is 4. The monoisotopic (exact) mass is 260 g/mol. The number of aliphatic carboxylic acids is 1. The van der Waals surface area contributed by atoms with E-state index in [1.807, 2.05) is 0 Å². The molecule has 4 N–H and O–H groups in total. The Hall–Kier alpha value is -0.700. The molecule has 16 heavy (non-hydrogen) atoms. The van der Waals surface area contributed by atoms with Gasteiger partial charge >= 0.3 is 0 Å². The van der Waals surface area contributed by atoms with Crippen molar-refractivity contribution in [2.24, 2.45) is 0 Å². The number of carboxylic acid groups (broad SMARTS) is 1. The summed E-state index contributed by atoms with van der Waals surface area (Å²) in [6, 6.07) is 0. The molecule has 0 bridgehead atoms. The lowest BCUT2D eigenvalue weighted by Crippen LogP contribution is -1.97. The van der Waals surface area contributed by atoms with Crippen molar-refractivity contribution >= 4 is 16.1 Å². The predicted molar refractivity (Wildman–Crippen MR) is 58.8 cm³/mol. The van der Waals surface area contributed by atoms with Gasteiger partial charge in [-0.2, -0.15) is 8.42 Å². The van der Waals surface area contributed by atoms with E-state index in [4.69, 9.17) is 24.7 Å². The molecular weight excluding hydrogens is 240 g/mol. The number of unbranched alkanes of at least 4 members (excludes halogenated alkanes) is 1. The van der Waals surface area contributed by atoms with Crippen molar-refractivity contribution in [3.8, 4) is 0 Å². The highest BCUT2D eigenvalue weighted by atomic mass is 32.2. The number of hydrogen-bond donors (Lipinski definition) is 4. The van der Waals surface area contributed by atoms with E-state index in [2.05, 4.69) is 0 Å². The summed E-state index contributed by atoms with van der Waals surface area (Å²) in [7, 11) is -3.66. The van der Waals surface area contributed by atoms with Gasteiger partial charge < -0.3 is 15.3 Å². The first-order chi connectivity index (χ1) is 7.21. The highest BCUT2D eigenvalue weighted by molar-refractivity contribution is 7.85. The molecule has 0 aliphatic carbocycles. The van der Waals surface area contributed by atoms with Crippen LogP contribution >= 0.6 is 0 Å². The van der Waals surface area contributed by atoms with E-state index in [0.717, 1.165) is 19.8 Å². The largest absolute Gasteiger partial charge is 0.481 e. The molecule has 0 aliphatic rings. The average molecular weight is 260 g/mol. The van der Waals surface area contributed by atoms with Crippen LogP contribution in [0.15, 0.2) is 0 Å². The normalized spacial score (nSPS) is 9.31. The molecule has 0 aromatic rings. The first-order valence-electron chi connectivity index (χ1n) is 4.57. The van der Waals surface area contributed by atoms with E-state index in [9.17, 15) is 8.42 Å². The summed E-state index contributed by atoms with van der Waals surface area (Å²) in [5.74, 6) is -1.03. The average Bonchev–Trinajstić information content (AvgIpc) is 2.14. The molecule has 0 aromatic heterocycles. The first-order valence-corrected chi connectivity index (χ1v) is 6.18. The van der Waals surface area contributed by atoms with Crippen LogP contribution in [-0.2, 0) is 14.9 Å². The standard InChI is InChI=1S/C4H10O2.C2H6O3S.C2H4O2/c5-3-1-2-4-6;1-2-6(3,4)5;1-2(3)4/h5-6H,1-4H2;2H2,1H3,(H,3,4,5);1H3,(H,3,4). The van der Waals surface area contributed by atoms with Crippen molar-refractivity contribution in [1.29, 1.82) is 0 Å².